The van der Waals surface area contributed by atoms with Crippen LogP contribution in [0.4, 0.5) is 20.2 Å². The summed E-state index contributed by atoms with van der Waals surface area (Å²) in [7, 11) is 0. The first-order valence-electron chi connectivity index (χ1n) is 9.01. The number of aromatic nitrogens is 1. The van der Waals surface area contributed by atoms with Crippen LogP contribution in [0.25, 0.3) is 27.5 Å². The molecule has 0 aliphatic carbocycles. The van der Waals surface area contributed by atoms with Gasteiger partial charge in [-0.3, -0.25) is 0 Å². The van der Waals surface area contributed by atoms with Gasteiger partial charge in [-0.05, 0) is 48.5 Å². The maximum Gasteiger partial charge on any atom is 0.160 e. The lowest BCUT2D eigenvalue weighted by atomic mass is 10.1. The van der Waals surface area contributed by atoms with Crippen molar-refractivity contribution in [2.24, 2.45) is 0 Å². The van der Waals surface area contributed by atoms with E-state index in [0.29, 0.717) is 5.69 Å². The molecule has 1 heterocycles. The first-order chi connectivity index (χ1) is 13.7. The quantitative estimate of drug-likeness (QED) is 0.369. The van der Waals surface area contributed by atoms with Gasteiger partial charge in [0.25, 0.3) is 0 Å². The predicted octanol–water partition coefficient (Wildman–Crippen LogP) is 6.81. The second-order valence-electron chi connectivity index (χ2n) is 6.67. The fourth-order valence-corrected chi connectivity index (χ4v) is 3.65. The summed E-state index contributed by atoms with van der Waals surface area (Å²) in [5.41, 5.74) is 4.62. The molecule has 0 aliphatic rings. The van der Waals surface area contributed by atoms with E-state index in [0.717, 1.165) is 45.3 Å². The Balaban J connectivity index is 1.68. The maximum atomic E-state index is 13.5. The number of hydrogen-bond donors (Lipinski definition) is 1. The van der Waals surface area contributed by atoms with Gasteiger partial charge in [0.05, 0.1) is 11.0 Å². The Bertz CT molecular complexity index is 1310. The number of hydrogen-bond acceptors (Lipinski definition) is 1. The molecule has 0 fully saturated rings. The van der Waals surface area contributed by atoms with E-state index in [1.54, 1.807) is 0 Å². The largest absolute Gasteiger partial charge is 0.355 e. The number of nitrogens with one attached hydrogen (secondary N) is 1. The maximum absolute atomic E-state index is 13.5. The van der Waals surface area contributed by atoms with E-state index in [1.807, 2.05) is 48.5 Å². The Morgan fingerprint density at radius 2 is 1.25 bits per heavy atom. The Hall–Kier alpha value is -3.66. The third-order valence-corrected chi connectivity index (χ3v) is 4.90. The van der Waals surface area contributed by atoms with E-state index in [1.165, 1.54) is 6.07 Å². The first-order valence-corrected chi connectivity index (χ1v) is 9.01. The van der Waals surface area contributed by atoms with Gasteiger partial charge in [-0.2, -0.15) is 0 Å². The summed E-state index contributed by atoms with van der Waals surface area (Å²) in [6.07, 6.45) is 0. The van der Waals surface area contributed by atoms with E-state index in [-0.39, 0.29) is 0 Å². The van der Waals surface area contributed by atoms with E-state index in [4.69, 9.17) is 0 Å². The standard InChI is InChI=1S/C24H16F2N2/c25-21-12-10-17(15-22(21)26)27-16-11-13-24-20(14-16)19-8-4-5-9-23(19)28(24)18-6-2-1-3-7-18/h1-15,27H. The zero-order valence-electron chi connectivity index (χ0n) is 14.9. The van der Waals surface area contributed by atoms with Crippen molar-refractivity contribution < 1.29 is 8.78 Å². The lowest BCUT2D eigenvalue weighted by Gasteiger charge is -2.09. The number of fused-ring (bicyclic) bond motifs is 3. The molecule has 0 radical (unpaired) electrons. The van der Waals surface area contributed by atoms with Crippen LogP contribution in [-0.2, 0) is 0 Å². The summed E-state index contributed by atoms with van der Waals surface area (Å²) in [6, 6.07) is 28.3. The first kappa shape index (κ1) is 16.5. The second kappa shape index (κ2) is 6.50. The number of benzene rings is 4. The molecule has 0 unspecified atom stereocenters. The van der Waals surface area contributed by atoms with Crippen molar-refractivity contribution in [3.63, 3.8) is 0 Å². The molecule has 0 bridgehead atoms. The molecular formula is C24H16F2N2. The van der Waals surface area contributed by atoms with Crippen LogP contribution >= 0.6 is 0 Å². The number of nitrogens with zero attached hydrogens (tertiary/aromatic N) is 1. The number of anilines is 2. The molecule has 4 aromatic carbocycles. The molecular weight excluding hydrogens is 354 g/mol. The molecule has 0 atom stereocenters. The number of halogens is 2. The third-order valence-electron chi connectivity index (χ3n) is 4.90. The SMILES string of the molecule is Fc1ccc(Nc2ccc3c(c2)c2ccccc2n3-c2ccccc2)cc1F. The smallest absolute Gasteiger partial charge is 0.160 e. The minimum absolute atomic E-state index is 0.505. The third kappa shape index (κ3) is 2.70. The van der Waals surface area contributed by atoms with Gasteiger partial charge in [-0.25, -0.2) is 8.78 Å². The average Bonchev–Trinajstić information content (AvgIpc) is 3.05. The van der Waals surface area contributed by atoms with Gasteiger partial charge in [0.2, 0.25) is 0 Å². The molecule has 1 N–H and O–H groups in total. The average molecular weight is 370 g/mol. The van der Waals surface area contributed by atoms with Crippen LogP contribution in [0.1, 0.15) is 0 Å². The van der Waals surface area contributed by atoms with Gasteiger partial charge >= 0.3 is 0 Å². The Kier molecular flexibility index (Phi) is 3.83. The van der Waals surface area contributed by atoms with Crippen molar-refractivity contribution >= 4 is 33.2 Å². The van der Waals surface area contributed by atoms with Crippen molar-refractivity contribution in [3.05, 3.63) is 103 Å². The molecule has 28 heavy (non-hydrogen) atoms. The molecule has 0 amide bonds. The molecule has 5 rings (SSSR count). The van der Waals surface area contributed by atoms with Gasteiger partial charge in [-0.15, -0.1) is 0 Å². The topological polar surface area (TPSA) is 17.0 Å². The van der Waals surface area contributed by atoms with Crippen molar-refractivity contribution in [1.82, 2.24) is 4.57 Å². The molecule has 0 spiro atoms. The Morgan fingerprint density at radius 3 is 2.07 bits per heavy atom. The molecule has 2 nitrogen and oxygen atoms in total. The van der Waals surface area contributed by atoms with Crippen molar-refractivity contribution in [1.29, 1.82) is 0 Å². The van der Waals surface area contributed by atoms with Crippen molar-refractivity contribution in [2.45, 2.75) is 0 Å². The summed E-state index contributed by atoms with van der Waals surface area (Å²) >= 11 is 0. The van der Waals surface area contributed by atoms with E-state index in [9.17, 15) is 8.78 Å². The lowest BCUT2D eigenvalue weighted by Crippen LogP contribution is -1.94. The van der Waals surface area contributed by atoms with Crippen LogP contribution in [0.15, 0.2) is 91.0 Å². The highest BCUT2D eigenvalue weighted by Crippen LogP contribution is 2.34. The molecule has 5 aromatic rings. The van der Waals surface area contributed by atoms with Crippen LogP contribution in [0.3, 0.4) is 0 Å². The highest BCUT2D eigenvalue weighted by Gasteiger charge is 2.12. The Labute approximate surface area is 160 Å². The van der Waals surface area contributed by atoms with Crippen LogP contribution in [-0.4, -0.2) is 4.57 Å². The van der Waals surface area contributed by atoms with E-state index in [2.05, 4.69) is 34.1 Å². The van der Waals surface area contributed by atoms with Crippen LogP contribution in [0, 0.1) is 11.6 Å². The van der Waals surface area contributed by atoms with Gasteiger partial charge < -0.3 is 9.88 Å². The summed E-state index contributed by atoms with van der Waals surface area (Å²) in [5.74, 6) is -1.72. The minimum atomic E-state index is -0.869. The van der Waals surface area contributed by atoms with Crippen molar-refractivity contribution in [3.8, 4) is 5.69 Å². The monoisotopic (exact) mass is 370 g/mol. The molecule has 0 saturated heterocycles. The van der Waals surface area contributed by atoms with Crippen LogP contribution in [0.5, 0.6) is 0 Å². The molecule has 136 valence electrons. The number of rotatable bonds is 3. The highest BCUT2D eigenvalue weighted by molar-refractivity contribution is 6.10. The highest BCUT2D eigenvalue weighted by atomic mass is 19.2. The van der Waals surface area contributed by atoms with Crippen LogP contribution < -0.4 is 5.32 Å². The van der Waals surface area contributed by atoms with Gasteiger partial charge in [-0.1, -0.05) is 36.4 Å². The fraction of sp³-hybridized carbons (Fsp3) is 0. The van der Waals surface area contributed by atoms with Crippen LogP contribution in [0.2, 0.25) is 0 Å². The zero-order chi connectivity index (χ0) is 19.1. The normalized spacial score (nSPS) is 11.2. The second-order valence-corrected chi connectivity index (χ2v) is 6.67. The summed E-state index contributed by atoms with van der Waals surface area (Å²) in [6.45, 7) is 0. The minimum Gasteiger partial charge on any atom is -0.355 e. The Morgan fingerprint density at radius 1 is 0.571 bits per heavy atom. The molecule has 0 saturated carbocycles. The van der Waals surface area contributed by atoms with E-state index >= 15 is 0 Å². The lowest BCUT2D eigenvalue weighted by molar-refractivity contribution is 0.509. The number of para-hydroxylation sites is 2. The molecule has 4 heteroatoms. The van der Waals surface area contributed by atoms with E-state index < -0.39 is 11.6 Å². The summed E-state index contributed by atoms with van der Waals surface area (Å²) in [4.78, 5) is 0. The van der Waals surface area contributed by atoms with Gasteiger partial charge in [0, 0.05) is 33.9 Å². The molecule has 1 aromatic heterocycles. The van der Waals surface area contributed by atoms with Gasteiger partial charge in [0.1, 0.15) is 0 Å². The fourth-order valence-electron chi connectivity index (χ4n) is 3.65. The van der Waals surface area contributed by atoms with Gasteiger partial charge in [0.15, 0.2) is 11.6 Å². The summed E-state index contributed by atoms with van der Waals surface area (Å²) < 4.78 is 28.9. The van der Waals surface area contributed by atoms with Crippen molar-refractivity contribution in [2.75, 3.05) is 5.32 Å². The summed E-state index contributed by atoms with van der Waals surface area (Å²) in [5, 5.41) is 5.39. The predicted molar refractivity (Wildman–Crippen MR) is 110 cm³/mol. The molecule has 0 aliphatic heterocycles. The zero-order valence-corrected chi connectivity index (χ0v) is 14.9.